The Balaban J connectivity index is 2.14. The Bertz CT molecular complexity index is 1010. The smallest absolute Gasteiger partial charge is 0.295 e. The molecule has 170 valence electrons. The van der Waals surface area contributed by atoms with E-state index >= 15 is 0 Å². The third kappa shape index (κ3) is 4.79. The number of aliphatic hydroxyl groups is 1. The Morgan fingerprint density at radius 3 is 2.53 bits per heavy atom. The van der Waals surface area contributed by atoms with Crippen LogP contribution in [0, 0.1) is 0 Å². The molecule has 1 unspecified atom stereocenters. The number of likely N-dealkylation sites (tertiary alicyclic amines) is 1. The summed E-state index contributed by atoms with van der Waals surface area (Å²) < 4.78 is 11.3. The van der Waals surface area contributed by atoms with Gasteiger partial charge in [-0.05, 0) is 38.5 Å². The Kier molecular flexibility index (Phi) is 7.57. The fraction of sp³-hybridized carbons (Fsp3) is 0.385. The van der Waals surface area contributed by atoms with Crippen LogP contribution in [0.1, 0.15) is 57.2 Å². The minimum absolute atomic E-state index is 0.0369. The first-order valence-electron chi connectivity index (χ1n) is 11.1. The van der Waals surface area contributed by atoms with Crippen molar-refractivity contribution in [1.29, 1.82) is 0 Å². The van der Waals surface area contributed by atoms with E-state index in [9.17, 15) is 14.7 Å². The van der Waals surface area contributed by atoms with E-state index in [0.717, 1.165) is 19.3 Å². The van der Waals surface area contributed by atoms with Crippen LogP contribution in [-0.2, 0) is 9.59 Å². The third-order valence-corrected chi connectivity index (χ3v) is 5.46. The van der Waals surface area contributed by atoms with Crippen molar-refractivity contribution in [3.05, 3.63) is 65.2 Å². The fourth-order valence-corrected chi connectivity index (χ4v) is 4.00. The summed E-state index contributed by atoms with van der Waals surface area (Å²) >= 11 is 0. The standard InChI is InChI=1S/C26H31NO5/c1-5-6-9-15-27-23(20-13-7-8-14-21(20)31-4)22(25(29)26(27)30)24(28)18-11-10-12-19(16-18)32-17(2)3/h7-8,10-14,16-17,23,28H,5-6,9,15H2,1-4H3/b24-22+. The summed E-state index contributed by atoms with van der Waals surface area (Å²) in [6, 6.07) is 13.5. The summed E-state index contributed by atoms with van der Waals surface area (Å²) in [7, 11) is 1.55. The third-order valence-electron chi connectivity index (χ3n) is 5.46. The molecular weight excluding hydrogens is 406 g/mol. The second-order valence-corrected chi connectivity index (χ2v) is 8.14. The first-order valence-corrected chi connectivity index (χ1v) is 11.1. The van der Waals surface area contributed by atoms with E-state index in [1.807, 2.05) is 32.0 Å². The van der Waals surface area contributed by atoms with Gasteiger partial charge in [0.1, 0.15) is 17.3 Å². The molecule has 1 saturated heterocycles. The molecular formula is C26H31NO5. The van der Waals surface area contributed by atoms with Crippen molar-refractivity contribution >= 4 is 17.4 Å². The first-order chi connectivity index (χ1) is 15.4. The summed E-state index contributed by atoms with van der Waals surface area (Å²) in [5.74, 6) is -0.373. The molecule has 1 N–H and O–H groups in total. The Morgan fingerprint density at radius 2 is 1.84 bits per heavy atom. The van der Waals surface area contributed by atoms with Crippen molar-refractivity contribution in [2.75, 3.05) is 13.7 Å². The molecule has 1 fully saturated rings. The molecule has 0 spiro atoms. The molecule has 32 heavy (non-hydrogen) atoms. The van der Waals surface area contributed by atoms with Crippen molar-refractivity contribution in [3.63, 3.8) is 0 Å². The lowest BCUT2D eigenvalue weighted by atomic mass is 9.94. The zero-order chi connectivity index (χ0) is 23.3. The number of rotatable bonds is 9. The molecule has 0 saturated carbocycles. The minimum Gasteiger partial charge on any atom is -0.507 e. The quantitative estimate of drug-likeness (QED) is 0.256. The molecule has 0 aliphatic carbocycles. The number of aliphatic hydroxyl groups excluding tert-OH is 1. The van der Waals surface area contributed by atoms with Crippen molar-refractivity contribution < 1.29 is 24.2 Å². The maximum atomic E-state index is 13.1. The van der Waals surface area contributed by atoms with Gasteiger partial charge in [0.25, 0.3) is 11.7 Å². The highest BCUT2D eigenvalue weighted by Crippen LogP contribution is 2.43. The monoisotopic (exact) mass is 437 g/mol. The number of methoxy groups -OCH3 is 1. The first kappa shape index (κ1) is 23.4. The number of para-hydroxylation sites is 1. The van der Waals surface area contributed by atoms with Crippen LogP contribution < -0.4 is 9.47 Å². The highest BCUT2D eigenvalue weighted by Gasteiger charge is 2.46. The van der Waals surface area contributed by atoms with Crippen LogP contribution in [0.4, 0.5) is 0 Å². The van der Waals surface area contributed by atoms with Crippen LogP contribution in [0.5, 0.6) is 11.5 Å². The predicted octanol–water partition coefficient (Wildman–Crippen LogP) is 5.09. The van der Waals surface area contributed by atoms with Crippen molar-refractivity contribution in [3.8, 4) is 11.5 Å². The maximum Gasteiger partial charge on any atom is 0.295 e. The van der Waals surface area contributed by atoms with Gasteiger partial charge in [0.05, 0.1) is 24.8 Å². The second-order valence-electron chi connectivity index (χ2n) is 8.14. The van der Waals surface area contributed by atoms with Gasteiger partial charge in [-0.25, -0.2) is 0 Å². The van der Waals surface area contributed by atoms with Gasteiger partial charge in [0.2, 0.25) is 0 Å². The maximum absolute atomic E-state index is 13.1. The lowest BCUT2D eigenvalue weighted by Crippen LogP contribution is -2.30. The number of ether oxygens (including phenoxy) is 2. The SMILES string of the molecule is CCCCCN1C(=O)C(=O)/C(=C(/O)c2cccc(OC(C)C)c2)C1c1ccccc1OC. The van der Waals surface area contributed by atoms with Crippen molar-refractivity contribution in [2.45, 2.75) is 52.2 Å². The molecule has 6 nitrogen and oxygen atoms in total. The highest BCUT2D eigenvalue weighted by atomic mass is 16.5. The number of Topliss-reactive ketones (excluding diaryl/α,β-unsaturated/α-hetero) is 1. The van der Waals surface area contributed by atoms with Crippen LogP contribution >= 0.6 is 0 Å². The molecule has 0 radical (unpaired) electrons. The average molecular weight is 438 g/mol. The number of carbonyl (C=O) groups excluding carboxylic acids is 2. The number of nitrogens with zero attached hydrogens (tertiary/aromatic N) is 1. The average Bonchev–Trinajstić information content (AvgIpc) is 3.03. The minimum atomic E-state index is -0.724. The normalized spacial score (nSPS) is 17.8. The van der Waals surface area contributed by atoms with Crippen LogP contribution in [-0.4, -0.2) is 41.5 Å². The van der Waals surface area contributed by atoms with Crippen molar-refractivity contribution in [2.24, 2.45) is 0 Å². The van der Waals surface area contributed by atoms with Crippen LogP contribution in [0.2, 0.25) is 0 Å². The van der Waals surface area contributed by atoms with Crippen molar-refractivity contribution in [1.82, 2.24) is 4.90 Å². The van der Waals surface area contributed by atoms with E-state index in [2.05, 4.69) is 6.92 Å². The molecule has 1 amide bonds. The number of unbranched alkanes of at least 4 members (excludes halogenated alkanes) is 2. The van der Waals surface area contributed by atoms with Gasteiger partial charge in [-0.1, -0.05) is 50.1 Å². The van der Waals surface area contributed by atoms with E-state index in [1.165, 1.54) is 0 Å². The van der Waals surface area contributed by atoms with Gasteiger partial charge in [-0.3, -0.25) is 9.59 Å². The van der Waals surface area contributed by atoms with E-state index in [-0.39, 0.29) is 17.4 Å². The van der Waals surface area contributed by atoms with Gasteiger partial charge in [-0.2, -0.15) is 0 Å². The number of hydrogen-bond donors (Lipinski definition) is 1. The van der Waals surface area contributed by atoms with E-state index in [0.29, 0.717) is 29.2 Å². The second kappa shape index (κ2) is 10.4. The molecule has 1 atom stereocenters. The van der Waals surface area contributed by atoms with Gasteiger partial charge in [0.15, 0.2) is 0 Å². The zero-order valence-corrected chi connectivity index (χ0v) is 19.1. The molecule has 2 aromatic rings. The van der Waals surface area contributed by atoms with Crippen LogP contribution in [0.25, 0.3) is 5.76 Å². The zero-order valence-electron chi connectivity index (χ0n) is 19.1. The summed E-state index contributed by atoms with van der Waals surface area (Å²) in [4.78, 5) is 27.7. The largest absolute Gasteiger partial charge is 0.507 e. The summed E-state index contributed by atoms with van der Waals surface area (Å²) in [5.41, 5.74) is 1.16. The number of carbonyl (C=O) groups is 2. The van der Waals surface area contributed by atoms with E-state index in [1.54, 1.807) is 42.3 Å². The van der Waals surface area contributed by atoms with Gasteiger partial charge in [0, 0.05) is 17.7 Å². The molecule has 1 aliphatic rings. The number of hydrogen-bond acceptors (Lipinski definition) is 5. The van der Waals surface area contributed by atoms with Gasteiger partial charge in [-0.15, -0.1) is 0 Å². The highest BCUT2D eigenvalue weighted by molar-refractivity contribution is 6.46. The number of amides is 1. The topological polar surface area (TPSA) is 76.1 Å². The Labute approximate surface area is 189 Å². The van der Waals surface area contributed by atoms with Gasteiger partial charge >= 0.3 is 0 Å². The lowest BCUT2D eigenvalue weighted by molar-refractivity contribution is -0.139. The molecule has 6 heteroatoms. The molecule has 1 heterocycles. The predicted molar refractivity (Wildman–Crippen MR) is 124 cm³/mol. The Hall–Kier alpha value is -3.28. The Morgan fingerprint density at radius 1 is 1.09 bits per heavy atom. The summed E-state index contributed by atoms with van der Waals surface area (Å²) in [6.07, 6.45) is 2.67. The van der Waals surface area contributed by atoms with E-state index < -0.39 is 17.7 Å². The molecule has 2 aromatic carbocycles. The van der Waals surface area contributed by atoms with E-state index in [4.69, 9.17) is 9.47 Å². The number of ketones is 1. The molecule has 0 aromatic heterocycles. The molecule has 0 bridgehead atoms. The lowest BCUT2D eigenvalue weighted by Gasteiger charge is -2.26. The van der Waals surface area contributed by atoms with Crippen LogP contribution in [0.15, 0.2) is 54.1 Å². The number of benzene rings is 2. The molecule has 3 rings (SSSR count). The van der Waals surface area contributed by atoms with Crippen LogP contribution in [0.3, 0.4) is 0 Å². The van der Waals surface area contributed by atoms with Gasteiger partial charge < -0.3 is 19.5 Å². The summed E-state index contributed by atoms with van der Waals surface area (Å²) in [6.45, 7) is 6.33. The fourth-order valence-electron chi connectivity index (χ4n) is 4.00. The molecule has 1 aliphatic heterocycles. The summed E-state index contributed by atoms with van der Waals surface area (Å²) in [5, 5.41) is 11.2.